The molecule has 4 aromatic rings. The summed E-state index contributed by atoms with van der Waals surface area (Å²) in [7, 11) is 0. The lowest BCUT2D eigenvalue weighted by molar-refractivity contribution is 0.191. The van der Waals surface area contributed by atoms with E-state index < -0.39 is 11.5 Å². The van der Waals surface area contributed by atoms with Gasteiger partial charge in [0.25, 0.3) is 0 Å². The minimum absolute atomic E-state index is 0.364. The number of rotatable bonds is 3. The van der Waals surface area contributed by atoms with Gasteiger partial charge in [0.05, 0.1) is 18.0 Å². The zero-order chi connectivity index (χ0) is 19.0. The van der Waals surface area contributed by atoms with Gasteiger partial charge in [-0.3, -0.25) is 9.78 Å². The molecular weight excluding hydrogens is 340 g/mol. The van der Waals surface area contributed by atoms with Gasteiger partial charge in [0.15, 0.2) is 5.75 Å². The van der Waals surface area contributed by atoms with Crippen LogP contribution in [0.2, 0.25) is 0 Å². The summed E-state index contributed by atoms with van der Waals surface area (Å²) in [6.07, 6.45) is 4.12. The Morgan fingerprint density at radius 3 is 2.67 bits per heavy atom. The molecule has 0 aliphatic carbocycles. The van der Waals surface area contributed by atoms with E-state index in [1.165, 1.54) is 12.3 Å². The van der Waals surface area contributed by atoms with Gasteiger partial charge in [-0.25, -0.2) is 0 Å². The molecule has 27 heavy (non-hydrogen) atoms. The average molecular weight is 358 g/mol. The first-order valence-corrected chi connectivity index (χ1v) is 8.62. The average Bonchev–Trinajstić information content (AvgIpc) is 2.69. The maximum Gasteiger partial charge on any atom is 0.223 e. The number of hydrogen-bond donors (Lipinski definition) is 2. The zero-order valence-electron chi connectivity index (χ0n) is 14.7. The molecule has 0 aliphatic rings. The third-order valence-corrected chi connectivity index (χ3v) is 4.59. The molecule has 1 atom stereocenters. The second-order valence-corrected chi connectivity index (χ2v) is 6.45. The van der Waals surface area contributed by atoms with Crippen molar-refractivity contribution in [2.75, 3.05) is 0 Å². The lowest BCUT2D eigenvalue weighted by atomic mass is 10.0. The fourth-order valence-corrected chi connectivity index (χ4v) is 3.25. The lowest BCUT2D eigenvalue weighted by Gasteiger charge is -2.17. The van der Waals surface area contributed by atoms with Crippen LogP contribution in [0.1, 0.15) is 18.7 Å². The number of benzene rings is 2. The van der Waals surface area contributed by atoms with Gasteiger partial charge in [-0.2, -0.15) is 0 Å². The molecule has 0 fully saturated rings. The van der Waals surface area contributed by atoms with Crippen LogP contribution in [0.15, 0.2) is 78.0 Å². The Labute approximate surface area is 155 Å². The molecule has 0 aliphatic heterocycles. The summed E-state index contributed by atoms with van der Waals surface area (Å²) in [6, 6.07) is 17.0. The van der Waals surface area contributed by atoms with Crippen molar-refractivity contribution in [2.45, 2.75) is 13.0 Å². The van der Waals surface area contributed by atoms with E-state index in [2.05, 4.69) is 4.98 Å². The molecule has 0 saturated heterocycles. The molecule has 4 rings (SSSR count). The van der Waals surface area contributed by atoms with Crippen LogP contribution >= 0.6 is 0 Å². The minimum atomic E-state index is -0.860. The Morgan fingerprint density at radius 1 is 1.04 bits per heavy atom. The molecule has 0 saturated carbocycles. The van der Waals surface area contributed by atoms with E-state index in [1.807, 2.05) is 60.9 Å². The Kier molecular flexibility index (Phi) is 4.22. The molecule has 2 N–H and O–H groups in total. The van der Waals surface area contributed by atoms with Crippen molar-refractivity contribution in [2.24, 2.45) is 0 Å². The first-order valence-electron chi connectivity index (χ1n) is 8.62. The normalized spacial score (nSPS) is 12.2. The predicted molar refractivity (Wildman–Crippen MR) is 105 cm³/mol. The molecular formula is C22H18N2O3. The summed E-state index contributed by atoms with van der Waals surface area (Å²) < 4.78 is 1.63. The van der Waals surface area contributed by atoms with Crippen molar-refractivity contribution in [3.05, 3.63) is 89.1 Å². The Hall–Kier alpha value is -3.44. The molecule has 134 valence electrons. The Bertz CT molecular complexity index is 1190. The van der Waals surface area contributed by atoms with E-state index in [0.29, 0.717) is 5.69 Å². The van der Waals surface area contributed by atoms with E-state index in [9.17, 15) is 15.0 Å². The fourth-order valence-electron chi connectivity index (χ4n) is 3.25. The van der Waals surface area contributed by atoms with Crippen molar-refractivity contribution in [1.29, 1.82) is 0 Å². The van der Waals surface area contributed by atoms with Crippen LogP contribution in [0.3, 0.4) is 0 Å². The Balaban J connectivity index is 1.92. The number of aromatic nitrogens is 2. The molecule has 0 spiro atoms. The summed E-state index contributed by atoms with van der Waals surface area (Å²) in [5, 5.41) is 22.1. The summed E-state index contributed by atoms with van der Waals surface area (Å²) in [4.78, 5) is 16.1. The van der Waals surface area contributed by atoms with Crippen LogP contribution in [0, 0.1) is 0 Å². The van der Waals surface area contributed by atoms with Crippen molar-refractivity contribution in [3.63, 3.8) is 0 Å². The molecule has 1 unspecified atom stereocenters. The topological polar surface area (TPSA) is 75.3 Å². The van der Waals surface area contributed by atoms with Crippen LogP contribution in [0.25, 0.3) is 27.6 Å². The third kappa shape index (κ3) is 3.09. The second kappa shape index (κ2) is 6.70. The largest absolute Gasteiger partial charge is 0.503 e. The van der Waals surface area contributed by atoms with Gasteiger partial charge in [0, 0.05) is 35.1 Å². The summed E-state index contributed by atoms with van der Waals surface area (Å²) >= 11 is 0. The third-order valence-electron chi connectivity index (χ3n) is 4.59. The molecule has 0 radical (unpaired) electrons. The van der Waals surface area contributed by atoms with Crippen molar-refractivity contribution in [1.82, 2.24) is 9.55 Å². The monoisotopic (exact) mass is 358 g/mol. The van der Waals surface area contributed by atoms with Crippen LogP contribution in [-0.4, -0.2) is 19.8 Å². The van der Waals surface area contributed by atoms with Gasteiger partial charge in [-0.05, 0) is 30.0 Å². The summed E-state index contributed by atoms with van der Waals surface area (Å²) in [6.45, 7) is 1.58. The number of aromatic hydroxyl groups is 1. The van der Waals surface area contributed by atoms with Gasteiger partial charge < -0.3 is 14.8 Å². The minimum Gasteiger partial charge on any atom is -0.503 e. The predicted octanol–water partition coefficient (Wildman–Crippen LogP) is 3.81. The van der Waals surface area contributed by atoms with Gasteiger partial charge in [0.1, 0.15) is 0 Å². The van der Waals surface area contributed by atoms with Gasteiger partial charge >= 0.3 is 0 Å². The number of aliphatic hydroxyl groups is 1. The molecule has 0 bridgehead atoms. The standard InChI is InChI=1S/C22H18N2O3/c1-14(25)20-10-21(26)22(27)13-24(20)17-7-4-6-15(9-17)19-12-23-11-16-5-2-3-8-18(16)19/h2-14,25,27H,1H3. The Morgan fingerprint density at radius 2 is 1.85 bits per heavy atom. The van der Waals surface area contributed by atoms with Crippen molar-refractivity contribution < 1.29 is 10.2 Å². The highest BCUT2D eigenvalue weighted by molar-refractivity contribution is 5.95. The smallest absolute Gasteiger partial charge is 0.223 e. The molecule has 5 nitrogen and oxygen atoms in total. The highest BCUT2D eigenvalue weighted by Crippen LogP contribution is 2.29. The van der Waals surface area contributed by atoms with Crippen molar-refractivity contribution >= 4 is 10.8 Å². The molecule has 2 aromatic carbocycles. The van der Waals surface area contributed by atoms with E-state index in [4.69, 9.17) is 0 Å². The van der Waals surface area contributed by atoms with Gasteiger partial charge in [0.2, 0.25) is 5.43 Å². The quantitative estimate of drug-likeness (QED) is 0.584. The number of aliphatic hydroxyl groups excluding tert-OH is 1. The SMILES string of the molecule is CC(O)c1cc(=O)c(O)cn1-c1cccc(-c2cncc3ccccc23)c1. The van der Waals surface area contributed by atoms with Gasteiger partial charge in [-0.15, -0.1) is 0 Å². The maximum atomic E-state index is 11.8. The van der Waals surface area contributed by atoms with Crippen LogP contribution in [0.5, 0.6) is 5.75 Å². The number of nitrogens with zero attached hydrogens (tertiary/aromatic N) is 2. The fraction of sp³-hybridized carbons (Fsp3) is 0.0909. The number of pyridine rings is 2. The molecule has 0 amide bonds. The van der Waals surface area contributed by atoms with Crippen LogP contribution < -0.4 is 5.43 Å². The zero-order valence-corrected chi connectivity index (χ0v) is 14.7. The van der Waals surface area contributed by atoms with Crippen molar-refractivity contribution in [3.8, 4) is 22.6 Å². The summed E-state index contributed by atoms with van der Waals surface area (Å²) in [5.41, 5.74) is 2.56. The van der Waals surface area contributed by atoms with E-state index in [0.717, 1.165) is 27.6 Å². The van der Waals surface area contributed by atoms with E-state index in [-0.39, 0.29) is 5.75 Å². The molecule has 2 aromatic heterocycles. The molecule has 5 heteroatoms. The van der Waals surface area contributed by atoms with Crippen LogP contribution in [-0.2, 0) is 0 Å². The number of hydrogen-bond acceptors (Lipinski definition) is 4. The first-order chi connectivity index (χ1) is 13.0. The second-order valence-electron chi connectivity index (χ2n) is 6.45. The maximum absolute atomic E-state index is 11.8. The lowest BCUT2D eigenvalue weighted by Crippen LogP contribution is -2.13. The van der Waals surface area contributed by atoms with Gasteiger partial charge in [-0.1, -0.05) is 36.4 Å². The molecule has 2 heterocycles. The highest BCUT2D eigenvalue weighted by atomic mass is 16.3. The van der Waals surface area contributed by atoms with Crippen LogP contribution in [0.4, 0.5) is 0 Å². The first kappa shape index (κ1) is 17.0. The van der Waals surface area contributed by atoms with E-state index >= 15 is 0 Å². The summed E-state index contributed by atoms with van der Waals surface area (Å²) in [5.74, 6) is -0.364. The van der Waals surface area contributed by atoms with E-state index in [1.54, 1.807) is 11.5 Å². The highest BCUT2D eigenvalue weighted by Gasteiger charge is 2.13. The number of fused-ring (bicyclic) bond motifs is 1.